The Morgan fingerprint density at radius 3 is 2.96 bits per heavy atom. The molecule has 0 spiro atoms. The molecule has 2 heterocycles. The summed E-state index contributed by atoms with van der Waals surface area (Å²) in [7, 11) is 1.68. The van der Waals surface area contributed by atoms with Crippen molar-refractivity contribution >= 4 is 0 Å². The summed E-state index contributed by atoms with van der Waals surface area (Å²) >= 11 is 0. The summed E-state index contributed by atoms with van der Waals surface area (Å²) in [5.74, 6) is 2.64. The Kier molecular flexibility index (Phi) is 5.66. The number of nitrogens with zero attached hydrogens (tertiary/aromatic N) is 2. The fourth-order valence-electron chi connectivity index (χ4n) is 3.04. The van der Waals surface area contributed by atoms with E-state index < -0.39 is 0 Å². The molecule has 124 valence electrons. The first-order chi connectivity index (χ1) is 11.4. The first-order valence-electron chi connectivity index (χ1n) is 8.29. The molecule has 3 rings (SSSR count). The van der Waals surface area contributed by atoms with E-state index in [9.17, 15) is 0 Å². The number of aromatic nitrogens is 2. The molecule has 0 fully saturated rings. The molecule has 0 radical (unpaired) electrons. The number of ether oxygens (including phenoxy) is 2. The number of methoxy groups -OCH3 is 1. The van der Waals surface area contributed by atoms with Gasteiger partial charge in [0, 0.05) is 45.1 Å². The maximum absolute atomic E-state index is 5.57. The van der Waals surface area contributed by atoms with E-state index in [4.69, 9.17) is 9.47 Å². The Morgan fingerprint density at radius 2 is 2.13 bits per heavy atom. The minimum atomic E-state index is 0.524. The lowest BCUT2D eigenvalue weighted by Crippen LogP contribution is -2.26. The van der Waals surface area contributed by atoms with E-state index in [1.807, 2.05) is 18.3 Å². The fourth-order valence-corrected chi connectivity index (χ4v) is 3.04. The zero-order chi connectivity index (χ0) is 15.9. The van der Waals surface area contributed by atoms with Gasteiger partial charge in [0.05, 0.1) is 6.61 Å². The highest BCUT2D eigenvalue weighted by molar-refractivity contribution is 5.27. The molecular weight excluding hydrogens is 290 g/mol. The molecule has 0 amide bonds. The van der Waals surface area contributed by atoms with Gasteiger partial charge < -0.3 is 19.4 Å². The van der Waals surface area contributed by atoms with Gasteiger partial charge in [-0.25, -0.2) is 4.98 Å². The van der Waals surface area contributed by atoms with Gasteiger partial charge in [-0.1, -0.05) is 12.1 Å². The minimum Gasteiger partial charge on any atom is -0.491 e. The summed E-state index contributed by atoms with van der Waals surface area (Å²) in [4.78, 5) is 4.51. The van der Waals surface area contributed by atoms with Crippen LogP contribution in [0.15, 0.2) is 36.7 Å². The summed E-state index contributed by atoms with van der Waals surface area (Å²) in [5, 5.41) is 3.56. The molecule has 0 saturated heterocycles. The Bertz CT molecular complexity index is 595. The Hall–Kier alpha value is -1.85. The molecule has 1 aromatic carbocycles. The molecule has 1 aliphatic rings. The average Bonchev–Trinajstić information content (AvgIpc) is 3.06. The lowest BCUT2D eigenvalue weighted by Gasteiger charge is -2.23. The molecule has 0 saturated carbocycles. The standard InChI is InChI=1S/C18H25N3O2/c1-22-11-12-23-17-6-4-15(5-7-17)13-19-14-16-3-2-9-21-10-8-20-18(16)21/h4-8,10,16,19H,2-3,9,11-14H2,1H3/t16-/m0/s1. The van der Waals surface area contributed by atoms with Crippen LogP contribution in [0.3, 0.4) is 0 Å². The van der Waals surface area contributed by atoms with Gasteiger partial charge in [-0.3, -0.25) is 0 Å². The van der Waals surface area contributed by atoms with Crippen LogP contribution in [-0.2, 0) is 17.8 Å². The van der Waals surface area contributed by atoms with Gasteiger partial charge in [0.2, 0.25) is 0 Å². The molecule has 0 aliphatic carbocycles. The highest BCUT2D eigenvalue weighted by Crippen LogP contribution is 2.24. The summed E-state index contributed by atoms with van der Waals surface area (Å²) < 4.78 is 12.8. The number of hydrogen-bond donors (Lipinski definition) is 1. The zero-order valence-electron chi connectivity index (χ0n) is 13.7. The number of fused-ring (bicyclic) bond motifs is 1. The maximum atomic E-state index is 5.57. The van der Waals surface area contributed by atoms with Crippen molar-refractivity contribution in [2.24, 2.45) is 0 Å². The largest absolute Gasteiger partial charge is 0.491 e. The second-order valence-corrected chi connectivity index (χ2v) is 5.93. The van der Waals surface area contributed by atoms with Crippen molar-refractivity contribution in [2.45, 2.75) is 31.8 Å². The van der Waals surface area contributed by atoms with Crippen LogP contribution in [0.5, 0.6) is 5.75 Å². The van der Waals surface area contributed by atoms with E-state index >= 15 is 0 Å². The van der Waals surface area contributed by atoms with Crippen molar-refractivity contribution in [1.29, 1.82) is 0 Å². The predicted octanol–water partition coefficient (Wildman–Crippen LogP) is 2.58. The molecule has 1 aromatic heterocycles. The van der Waals surface area contributed by atoms with Crippen molar-refractivity contribution in [1.82, 2.24) is 14.9 Å². The van der Waals surface area contributed by atoms with E-state index in [1.165, 1.54) is 24.2 Å². The third-order valence-electron chi connectivity index (χ3n) is 4.26. The van der Waals surface area contributed by atoms with E-state index in [1.54, 1.807) is 7.11 Å². The van der Waals surface area contributed by atoms with E-state index in [0.717, 1.165) is 25.4 Å². The lowest BCUT2D eigenvalue weighted by atomic mass is 9.99. The van der Waals surface area contributed by atoms with Crippen LogP contribution >= 0.6 is 0 Å². The summed E-state index contributed by atoms with van der Waals surface area (Å²) in [6.07, 6.45) is 6.46. The van der Waals surface area contributed by atoms with Crippen LogP contribution < -0.4 is 10.1 Å². The van der Waals surface area contributed by atoms with E-state index in [-0.39, 0.29) is 0 Å². The SMILES string of the molecule is COCCOc1ccc(CNC[C@@H]2CCCn3ccnc32)cc1. The van der Waals surface area contributed by atoms with Gasteiger partial charge in [-0.2, -0.15) is 0 Å². The Morgan fingerprint density at radius 1 is 1.26 bits per heavy atom. The van der Waals surface area contributed by atoms with Crippen LogP contribution in [0.2, 0.25) is 0 Å². The third kappa shape index (κ3) is 4.33. The number of imidazole rings is 1. The van der Waals surface area contributed by atoms with Gasteiger partial charge in [0.25, 0.3) is 0 Å². The molecule has 5 nitrogen and oxygen atoms in total. The minimum absolute atomic E-state index is 0.524. The fraction of sp³-hybridized carbons (Fsp3) is 0.500. The molecular formula is C18H25N3O2. The number of nitrogens with one attached hydrogen (secondary N) is 1. The van der Waals surface area contributed by atoms with Crippen LogP contribution in [0.25, 0.3) is 0 Å². The molecule has 1 atom stereocenters. The maximum Gasteiger partial charge on any atom is 0.119 e. The van der Waals surface area contributed by atoms with Crippen molar-refractivity contribution in [3.8, 4) is 5.75 Å². The van der Waals surface area contributed by atoms with Crippen LogP contribution in [0.1, 0.15) is 30.1 Å². The normalized spacial score (nSPS) is 17.0. The van der Waals surface area contributed by atoms with Crippen LogP contribution in [-0.4, -0.2) is 36.4 Å². The van der Waals surface area contributed by atoms with E-state index in [0.29, 0.717) is 19.1 Å². The third-order valence-corrected chi connectivity index (χ3v) is 4.26. The Balaban J connectivity index is 1.44. The first kappa shape index (κ1) is 16.0. The summed E-state index contributed by atoms with van der Waals surface area (Å²) in [6.45, 7) is 4.15. The highest BCUT2D eigenvalue weighted by Gasteiger charge is 2.20. The van der Waals surface area contributed by atoms with Crippen molar-refractivity contribution < 1.29 is 9.47 Å². The van der Waals surface area contributed by atoms with Crippen molar-refractivity contribution in [2.75, 3.05) is 26.9 Å². The van der Waals surface area contributed by atoms with Gasteiger partial charge in [-0.15, -0.1) is 0 Å². The number of hydrogen-bond acceptors (Lipinski definition) is 4. The second kappa shape index (κ2) is 8.13. The van der Waals surface area contributed by atoms with Crippen molar-refractivity contribution in [3.63, 3.8) is 0 Å². The molecule has 1 N–H and O–H groups in total. The number of rotatable bonds is 8. The second-order valence-electron chi connectivity index (χ2n) is 5.93. The molecule has 2 aromatic rings. The van der Waals surface area contributed by atoms with Gasteiger partial charge >= 0.3 is 0 Å². The lowest BCUT2D eigenvalue weighted by molar-refractivity contribution is 0.146. The molecule has 23 heavy (non-hydrogen) atoms. The smallest absolute Gasteiger partial charge is 0.119 e. The molecule has 5 heteroatoms. The number of aryl methyl sites for hydroxylation is 1. The van der Waals surface area contributed by atoms with Crippen molar-refractivity contribution in [3.05, 3.63) is 48.0 Å². The Labute approximate surface area is 137 Å². The summed E-state index contributed by atoms with van der Waals surface area (Å²) in [5.41, 5.74) is 1.27. The topological polar surface area (TPSA) is 48.3 Å². The highest BCUT2D eigenvalue weighted by atomic mass is 16.5. The number of benzene rings is 1. The van der Waals surface area contributed by atoms with Crippen LogP contribution in [0, 0.1) is 0 Å². The zero-order valence-corrected chi connectivity index (χ0v) is 13.7. The molecule has 0 bridgehead atoms. The van der Waals surface area contributed by atoms with Gasteiger partial charge in [0.1, 0.15) is 18.2 Å². The first-order valence-corrected chi connectivity index (χ1v) is 8.29. The summed E-state index contributed by atoms with van der Waals surface area (Å²) in [6, 6.07) is 8.24. The molecule has 1 aliphatic heterocycles. The monoisotopic (exact) mass is 315 g/mol. The van der Waals surface area contributed by atoms with Crippen LogP contribution in [0.4, 0.5) is 0 Å². The van der Waals surface area contributed by atoms with Gasteiger partial charge in [-0.05, 0) is 30.5 Å². The quantitative estimate of drug-likeness (QED) is 0.761. The average molecular weight is 315 g/mol. The van der Waals surface area contributed by atoms with E-state index in [2.05, 4.69) is 33.2 Å². The van der Waals surface area contributed by atoms with Gasteiger partial charge in [0.15, 0.2) is 0 Å². The molecule has 0 unspecified atom stereocenters. The predicted molar refractivity (Wildman–Crippen MR) is 89.7 cm³/mol.